The summed E-state index contributed by atoms with van der Waals surface area (Å²) in [5.74, 6) is -1.26. The quantitative estimate of drug-likeness (QED) is 0.836. The number of carbonyl (C=O) groups is 1. The number of carbonyl (C=O) groups excluding carboxylic acids is 1. The summed E-state index contributed by atoms with van der Waals surface area (Å²) in [6.07, 6.45) is 2.82. The van der Waals surface area contributed by atoms with E-state index in [1.807, 2.05) is 18.2 Å². The van der Waals surface area contributed by atoms with Crippen molar-refractivity contribution in [2.24, 2.45) is 5.92 Å². The van der Waals surface area contributed by atoms with Crippen molar-refractivity contribution in [1.29, 1.82) is 0 Å². The van der Waals surface area contributed by atoms with E-state index in [9.17, 15) is 13.6 Å². The SMILES string of the molecule is O=C(c1ccc(F)cc1F)N1CCC(Cc2ccccc2)CC1. The molecule has 0 radical (unpaired) electrons. The van der Waals surface area contributed by atoms with E-state index in [1.54, 1.807) is 4.90 Å². The second kappa shape index (κ2) is 6.90. The first-order chi connectivity index (χ1) is 11.1. The molecule has 2 aromatic carbocycles. The summed E-state index contributed by atoms with van der Waals surface area (Å²) in [7, 11) is 0. The van der Waals surface area contributed by atoms with Crippen LogP contribution in [-0.2, 0) is 6.42 Å². The number of likely N-dealkylation sites (tertiary alicyclic amines) is 1. The number of nitrogens with zero attached hydrogens (tertiary/aromatic N) is 1. The van der Waals surface area contributed by atoms with Crippen LogP contribution in [0.3, 0.4) is 0 Å². The van der Waals surface area contributed by atoms with Gasteiger partial charge in [0.05, 0.1) is 5.56 Å². The maximum Gasteiger partial charge on any atom is 0.256 e. The molecule has 1 saturated heterocycles. The Balaban J connectivity index is 1.59. The van der Waals surface area contributed by atoms with Crippen molar-refractivity contribution in [2.75, 3.05) is 13.1 Å². The van der Waals surface area contributed by atoms with Gasteiger partial charge in [0.15, 0.2) is 0 Å². The molecular formula is C19H19F2NO. The van der Waals surface area contributed by atoms with Gasteiger partial charge in [0.1, 0.15) is 11.6 Å². The molecule has 2 nitrogen and oxygen atoms in total. The largest absolute Gasteiger partial charge is 0.339 e. The number of hydrogen-bond acceptors (Lipinski definition) is 1. The molecule has 0 N–H and O–H groups in total. The van der Waals surface area contributed by atoms with Crippen molar-refractivity contribution in [2.45, 2.75) is 19.3 Å². The molecule has 1 heterocycles. The van der Waals surface area contributed by atoms with Gasteiger partial charge in [0, 0.05) is 19.2 Å². The topological polar surface area (TPSA) is 20.3 Å². The third kappa shape index (κ3) is 3.76. The van der Waals surface area contributed by atoms with E-state index in [4.69, 9.17) is 0 Å². The van der Waals surface area contributed by atoms with E-state index in [2.05, 4.69) is 12.1 Å². The lowest BCUT2D eigenvalue weighted by Gasteiger charge is -2.32. The minimum atomic E-state index is -0.790. The van der Waals surface area contributed by atoms with Gasteiger partial charge < -0.3 is 4.90 Å². The molecular weight excluding hydrogens is 296 g/mol. The Morgan fingerprint density at radius 1 is 1.04 bits per heavy atom. The number of benzene rings is 2. The number of piperidine rings is 1. The molecule has 1 fully saturated rings. The third-order valence-electron chi connectivity index (χ3n) is 4.43. The third-order valence-corrected chi connectivity index (χ3v) is 4.43. The lowest BCUT2D eigenvalue weighted by atomic mass is 9.90. The van der Waals surface area contributed by atoms with Crippen molar-refractivity contribution >= 4 is 5.91 Å². The molecule has 2 aromatic rings. The average molecular weight is 315 g/mol. The summed E-state index contributed by atoms with van der Waals surface area (Å²) in [6, 6.07) is 13.4. The highest BCUT2D eigenvalue weighted by atomic mass is 19.1. The van der Waals surface area contributed by atoms with Crippen molar-refractivity contribution in [3.05, 3.63) is 71.3 Å². The van der Waals surface area contributed by atoms with Gasteiger partial charge >= 0.3 is 0 Å². The zero-order valence-corrected chi connectivity index (χ0v) is 12.8. The van der Waals surface area contributed by atoms with Gasteiger partial charge in [-0.25, -0.2) is 8.78 Å². The molecule has 0 atom stereocenters. The molecule has 0 spiro atoms. The molecule has 0 saturated carbocycles. The van der Waals surface area contributed by atoms with Crippen molar-refractivity contribution in [3.8, 4) is 0 Å². The van der Waals surface area contributed by atoms with E-state index in [1.165, 1.54) is 11.6 Å². The van der Waals surface area contributed by atoms with Gasteiger partial charge in [-0.2, -0.15) is 0 Å². The lowest BCUT2D eigenvalue weighted by molar-refractivity contribution is 0.0686. The van der Waals surface area contributed by atoms with Gasteiger partial charge in [-0.1, -0.05) is 30.3 Å². The lowest BCUT2D eigenvalue weighted by Crippen LogP contribution is -2.39. The number of amides is 1. The summed E-state index contributed by atoms with van der Waals surface area (Å²) in [4.78, 5) is 14.0. The zero-order chi connectivity index (χ0) is 16.2. The number of rotatable bonds is 3. The fraction of sp³-hybridized carbons (Fsp3) is 0.316. The Morgan fingerprint density at radius 2 is 1.74 bits per heavy atom. The zero-order valence-electron chi connectivity index (χ0n) is 12.8. The maximum atomic E-state index is 13.7. The van der Waals surface area contributed by atoms with E-state index in [-0.39, 0.29) is 11.5 Å². The number of hydrogen-bond donors (Lipinski definition) is 0. The number of halogens is 2. The molecule has 1 aliphatic heterocycles. The monoisotopic (exact) mass is 315 g/mol. The predicted molar refractivity (Wildman–Crippen MR) is 85.1 cm³/mol. The Kier molecular flexibility index (Phi) is 4.70. The molecule has 0 unspecified atom stereocenters. The highest BCUT2D eigenvalue weighted by Crippen LogP contribution is 2.23. The second-order valence-electron chi connectivity index (χ2n) is 6.05. The van der Waals surface area contributed by atoms with Crippen LogP contribution < -0.4 is 0 Å². The predicted octanol–water partition coefficient (Wildman–Crippen LogP) is 4.06. The van der Waals surface area contributed by atoms with Crippen LogP contribution in [0.4, 0.5) is 8.78 Å². The smallest absolute Gasteiger partial charge is 0.256 e. The van der Waals surface area contributed by atoms with E-state index in [0.717, 1.165) is 31.4 Å². The maximum absolute atomic E-state index is 13.7. The van der Waals surface area contributed by atoms with Crippen molar-refractivity contribution in [1.82, 2.24) is 4.90 Å². The standard InChI is InChI=1S/C19H19F2NO/c20-16-6-7-17(18(21)13-16)19(23)22-10-8-15(9-11-22)12-14-4-2-1-3-5-14/h1-7,13,15H,8-12H2. The van der Waals surface area contributed by atoms with Gasteiger partial charge in [-0.05, 0) is 42.9 Å². The van der Waals surface area contributed by atoms with E-state index in [0.29, 0.717) is 19.0 Å². The van der Waals surface area contributed by atoms with Gasteiger partial charge in [0.25, 0.3) is 5.91 Å². The minimum absolute atomic E-state index is 0.0482. The molecule has 3 rings (SSSR count). The molecule has 4 heteroatoms. The molecule has 0 aliphatic carbocycles. The highest BCUT2D eigenvalue weighted by Gasteiger charge is 2.25. The van der Waals surface area contributed by atoms with Crippen LogP contribution in [0.25, 0.3) is 0 Å². The van der Waals surface area contributed by atoms with Crippen LogP contribution in [0.15, 0.2) is 48.5 Å². The molecule has 23 heavy (non-hydrogen) atoms. The van der Waals surface area contributed by atoms with Crippen molar-refractivity contribution < 1.29 is 13.6 Å². The Labute approximate surface area is 134 Å². The first-order valence-corrected chi connectivity index (χ1v) is 7.92. The Morgan fingerprint density at radius 3 is 2.39 bits per heavy atom. The minimum Gasteiger partial charge on any atom is -0.339 e. The summed E-state index contributed by atoms with van der Waals surface area (Å²) < 4.78 is 26.7. The van der Waals surface area contributed by atoms with Crippen LogP contribution in [0.1, 0.15) is 28.8 Å². The van der Waals surface area contributed by atoms with Crippen molar-refractivity contribution in [3.63, 3.8) is 0 Å². The van der Waals surface area contributed by atoms with Gasteiger partial charge in [0.2, 0.25) is 0 Å². The summed E-state index contributed by atoms with van der Waals surface area (Å²) in [5.41, 5.74) is 1.26. The first-order valence-electron chi connectivity index (χ1n) is 7.92. The molecule has 1 aliphatic rings. The van der Waals surface area contributed by atoms with Crippen LogP contribution in [0.5, 0.6) is 0 Å². The van der Waals surface area contributed by atoms with Crippen LogP contribution >= 0.6 is 0 Å². The first kappa shape index (κ1) is 15.7. The van der Waals surface area contributed by atoms with Gasteiger partial charge in [-0.3, -0.25) is 4.79 Å². The molecule has 0 bridgehead atoms. The van der Waals surface area contributed by atoms with Gasteiger partial charge in [-0.15, -0.1) is 0 Å². The van der Waals surface area contributed by atoms with Crippen LogP contribution in [-0.4, -0.2) is 23.9 Å². The Hall–Kier alpha value is -2.23. The highest BCUT2D eigenvalue weighted by molar-refractivity contribution is 5.94. The molecule has 0 aromatic heterocycles. The fourth-order valence-corrected chi connectivity index (χ4v) is 3.12. The summed E-state index contributed by atoms with van der Waals surface area (Å²) in [5, 5.41) is 0. The van der Waals surface area contributed by atoms with Crippen LogP contribution in [0, 0.1) is 17.6 Å². The molecule has 120 valence electrons. The van der Waals surface area contributed by atoms with E-state index < -0.39 is 11.6 Å². The second-order valence-corrected chi connectivity index (χ2v) is 6.05. The van der Waals surface area contributed by atoms with E-state index >= 15 is 0 Å². The summed E-state index contributed by atoms with van der Waals surface area (Å²) >= 11 is 0. The normalized spacial score (nSPS) is 15.7. The fourth-order valence-electron chi connectivity index (χ4n) is 3.12. The summed E-state index contributed by atoms with van der Waals surface area (Å²) in [6.45, 7) is 1.24. The Bertz CT molecular complexity index is 679. The average Bonchev–Trinajstić information content (AvgIpc) is 2.56. The molecule has 1 amide bonds. The van der Waals surface area contributed by atoms with Crippen LogP contribution in [0.2, 0.25) is 0 Å².